The molecule has 1 aromatic carbocycles. The fraction of sp³-hybridized carbons (Fsp3) is 0.400. The molecule has 0 spiro atoms. The predicted molar refractivity (Wildman–Crippen MR) is 74.4 cm³/mol. The first-order valence-corrected chi connectivity index (χ1v) is 6.38. The maximum absolute atomic E-state index is 5.79. The van der Waals surface area contributed by atoms with Crippen molar-refractivity contribution >= 4 is 0 Å². The van der Waals surface area contributed by atoms with Crippen LogP contribution in [0.25, 0.3) is 0 Å². The van der Waals surface area contributed by atoms with E-state index in [4.69, 9.17) is 5.73 Å². The monoisotopic (exact) mass is 243 g/mol. The van der Waals surface area contributed by atoms with E-state index in [-0.39, 0.29) is 0 Å². The highest BCUT2D eigenvalue weighted by Gasteiger charge is 2.10. The molecule has 1 heterocycles. The second kappa shape index (κ2) is 5.36. The van der Waals surface area contributed by atoms with Crippen molar-refractivity contribution in [2.24, 2.45) is 12.8 Å². The molecule has 0 unspecified atom stereocenters. The fourth-order valence-electron chi connectivity index (χ4n) is 2.20. The van der Waals surface area contributed by atoms with E-state index >= 15 is 0 Å². The molecule has 0 aliphatic heterocycles. The van der Waals surface area contributed by atoms with Crippen molar-refractivity contribution in [1.82, 2.24) is 9.55 Å². The number of nitrogens with zero attached hydrogens (tertiary/aromatic N) is 2. The molecule has 2 N–H and O–H groups in total. The molecule has 96 valence electrons. The molecule has 0 aliphatic carbocycles. The van der Waals surface area contributed by atoms with Crippen LogP contribution in [0, 0.1) is 13.8 Å². The molecule has 0 fully saturated rings. The van der Waals surface area contributed by atoms with Gasteiger partial charge in [-0.15, -0.1) is 0 Å². The van der Waals surface area contributed by atoms with Crippen molar-refractivity contribution in [3.8, 4) is 0 Å². The van der Waals surface area contributed by atoms with Crippen LogP contribution in [-0.2, 0) is 26.4 Å². The van der Waals surface area contributed by atoms with Gasteiger partial charge >= 0.3 is 0 Å². The Hall–Kier alpha value is -1.61. The maximum atomic E-state index is 5.79. The van der Waals surface area contributed by atoms with Gasteiger partial charge in [0, 0.05) is 13.6 Å². The van der Waals surface area contributed by atoms with Gasteiger partial charge in [0.15, 0.2) is 0 Å². The maximum Gasteiger partial charge on any atom is 0.105 e. The number of hydrogen-bond donors (Lipinski definition) is 1. The third-order valence-electron chi connectivity index (χ3n) is 3.48. The minimum atomic E-state index is 0.556. The van der Waals surface area contributed by atoms with Gasteiger partial charge in [-0.2, -0.15) is 0 Å². The average molecular weight is 243 g/mol. The number of hydrogen-bond acceptors (Lipinski definition) is 2. The van der Waals surface area contributed by atoms with Crippen molar-refractivity contribution in [3.05, 3.63) is 52.6 Å². The number of rotatable bonds is 4. The number of aryl methyl sites for hydroxylation is 4. The lowest BCUT2D eigenvalue weighted by Gasteiger charge is -2.04. The summed E-state index contributed by atoms with van der Waals surface area (Å²) in [6.07, 6.45) is 1.97. The lowest BCUT2D eigenvalue weighted by Crippen LogP contribution is -2.07. The second-order valence-corrected chi connectivity index (χ2v) is 4.80. The van der Waals surface area contributed by atoms with Crippen molar-refractivity contribution in [1.29, 1.82) is 0 Å². The molecule has 0 saturated carbocycles. The Kier molecular flexibility index (Phi) is 3.82. The first-order valence-electron chi connectivity index (χ1n) is 6.38. The van der Waals surface area contributed by atoms with Gasteiger partial charge < -0.3 is 10.3 Å². The Morgan fingerprint density at radius 2 is 1.78 bits per heavy atom. The summed E-state index contributed by atoms with van der Waals surface area (Å²) >= 11 is 0. The van der Waals surface area contributed by atoms with Crippen LogP contribution in [0.3, 0.4) is 0 Å². The number of aromatic nitrogens is 2. The topological polar surface area (TPSA) is 43.8 Å². The Labute approximate surface area is 109 Å². The van der Waals surface area contributed by atoms with Crippen LogP contribution >= 0.6 is 0 Å². The molecule has 1 aromatic heterocycles. The summed E-state index contributed by atoms with van der Waals surface area (Å²) in [5, 5.41) is 0. The Bertz CT molecular complexity index is 523. The Balaban J connectivity index is 2.10. The van der Waals surface area contributed by atoms with E-state index in [0.717, 1.165) is 30.1 Å². The summed E-state index contributed by atoms with van der Waals surface area (Å²) in [6, 6.07) is 8.69. The first-order chi connectivity index (χ1) is 8.61. The molecule has 2 aromatic rings. The van der Waals surface area contributed by atoms with Gasteiger partial charge in [-0.1, -0.05) is 29.8 Å². The van der Waals surface area contributed by atoms with E-state index in [9.17, 15) is 0 Å². The summed E-state index contributed by atoms with van der Waals surface area (Å²) in [4.78, 5) is 4.60. The molecule has 2 rings (SSSR count). The normalized spacial score (nSPS) is 10.9. The number of nitrogens with two attached hydrogens (primary N) is 1. The van der Waals surface area contributed by atoms with Crippen molar-refractivity contribution < 1.29 is 0 Å². The Morgan fingerprint density at radius 3 is 2.39 bits per heavy atom. The summed E-state index contributed by atoms with van der Waals surface area (Å²) < 4.78 is 2.09. The zero-order valence-corrected chi connectivity index (χ0v) is 11.4. The van der Waals surface area contributed by atoms with Gasteiger partial charge in [-0.05, 0) is 32.3 Å². The highest BCUT2D eigenvalue weighted by Crippen LogP contribution is 2.13. The minimum Gasteiger partial charge on any atom is -0.334 e. The molecule has 3 heteroatoms. The van der Waals surface area contributed by atoms with E-state index in [1.807, 2.05) is 14.0 Å². The summed E-state index contributed by atoms with van der Waals surface area (Å²) in [5.41, 5.74) is 10.7. The summed E-state index contributed by atoms with van der Waals surface area (Å²) in [5.74, 6) is 1.04. The van der Waals surface area contributed by atoms with Gasteiger partial charge in [0.1, 0.15) is 5.82 Å². The predicted octanol–water partition coefficient (Wildman–Crippen LogP) is 2.28. The van der Waals surface area contributed by atoms with Crippen LogP contribution in [0.15, 0.2) is 24.3 Å². The number of benzene rings is 1. The highest BCUT2D eigenvalue weighted by molar-refractivity contribution is 5.23. The first kappa shape index (κ1) is 12.8. The van der Waals surface area contributed by atoms with Crippen LogP contribution in [0.4, 0.5) is 0 Å². The van der Waals surface area contributed by atoms with E-state index in [1.54, 1.807) is 0 Å². The van der Waals surface area contributed by atoms with Crippen molar-refractivity contribution in [2.75, 3.05) is 0 Å². The molecule has 3 nitrogen and oxygen atoms in total. The SMILES string of the molecule is Cc1ccc(CCc2nc(C)n(C)c2CN)cc1. The molecule has 0 atom stereocenters. The van der Waals surface area contributed by atoms with E-state index in [2.05, 4.69) is 40.7 Å². The minimum absolute atomic E-state index is 0.556. The van der Waals surface area contributed by atoms with Crippen LogP contribution in [0.2, 0.25) is 0 Å². The van der Waals surface area contributed by atoms with Crippen molar-refractivity contribution in [2.45, 2.75) is 33.2 Å². The lowest BCUT2D eigenvalue weighted by molar-refractivity contribution is 0.779. The van der Waals surface area contributed by atoms with Gasteiger partial charge in [0.25, 0.3) is 0 Å². The summed E-state index contributed by atoms with van der Waals surface area (Å²) in [6.45, 7) is 4.69. The molecule has 0 radical (unpaired) electrons. The molecule has 0 aliphatic rings. The molecule has 0 saturated heterocycles. The largest absolute Gasteiger partial charge is 0.334 e. The van der Waals surface area contributed by atoms with Gasteiger partial charge in [-0.25, -0.2) is 4.98 Å². The average Bonchev–Trinajstić information content (AvgIpc) is 2.64. The quantitative estimate of drug-likeness (QED) is 0.895. The second-order valence-electron chi connectivity index (χ2n) is 4.80. The molecular weight excluding hydrogens is 222 g/mol. The van der Waals surface area contributed by atoms with Crippen LogP contribution in [0.5, 0.6) is 0 Å². The molecular formula is C15H21N3. The lowest BCUT2D eigenvalue weighted by atomic mass is 10.1. The van der Waals surface area contributed by atoms with Crippen molar-refractivity contribution in [3.63, 3.8) is 0 Å². The highest BCUT2D eigenvalue weighted by atomic mass is 15.1. The smallest absolute Gasteiger partial charge is 0.105 e. The van der Waals surface area contributed by atoms with E-state index < -0.39 is 0 Å². The zero-order chi connectivity index (χ0) is 13.1. The summed E-state index contributed by atoms with van der Waals surface area (Å²) in [7, 11) is 2.03. The Morgan fingerprint density at radius 1 is 1.11 bits per heavy atom. The zero-order valence-electron chi connectivity index (χ0n) is 11.4. The molecule has 0 amide bonds. The van der Waals surface area contributed by atoms with Gasteiger partial charge in [0.05, 0.1) is 11.4 Å². The van der Waals surface area contributed by atoms with Gasteiger partial charge in [0.2, 0.25) is 0 Å². The van der Waals surface area contributed by atoms with Gasteiger partial charge in [-0.3, -0.25) is 0 Å². The van der Waals surface area contributed by atoms with Crippen LogP contribution < -0.4 is 5.73 Å². The van der Waals surface area contributed by atoms with E-state index in [0.29, 0.717) is 6.54 Å². The molecule has 0 bridgehead atoms. The fourth-order valence-corrected chi connectivity index (χ4v) is 2.20. The third-order valence-corrected chi connectivity index (χ3v) is 3.48. The van der Waals surface area contributed by atoms with E-state index in [1.165, 1.54) is 11.1 Å². The third kappa shape index (κ3) is 2.62. The standard InChI is InChI=1S/C15H21N3/c1-11-4-6-13(7-5-11)8-9-14-15(10-16)18(3)12(2)17-14/h4-7H,8-10,16H2,1-3H3. The number of imidazole rings is 1. The van der Waals surface area contributed by atoms with Crippen LogP contribution in [0.1, 0.15) is 28.3 Å². The molecule has 18 heavy (non-hydrogen) atoms. The van der Waals surface area contributed by atoms with Crippen LogP contribution in [-0.4, -0.2) is 9.55 Å².